The number of Topliss-reactive ketones (excluding diaryl/α,β-unsaturated/α-hetero) is 1. The second-order valence-electron chi connectivity index (χ2n) is 3.58. The number of ketones is 1. The van der Waals surface area contributed by atoms with Crippen molar-refractivity contribution in [2.75, 3.05) is 0 Å². The molecule has 4 heteroatoms. The molecule has 0 aliphatic rings. The molecule has 0 unspecified atom stereocenters. The SMILES string of the molecule is CCC(=O)Cc1cncc(OC(C)C)n1. The van der Waals surface area contributed by atoms with Crippen molar-refractivity contribution in [3.63, 3.8) is 0 Å². The fraction of sp³-hybridized carbons (Fsp3) is 0.545. The molecular weight excluding hydrogens is 192 g/mol. The fourth-order valence-corrected chi connectivity index (χ4v) is 1.10. The second kappa shape index (κ2) is 5.44. The van der Waals surface area contributed by atoms with E-state index < -0.39 is 0 Å². The Hall–Kier alpha value is -1.45. The van der Waals surface area contributed by atoms with Crippen molar-refractivity contribution in [3.05, 3.63) is 18.1 Å². The molecule has 0 radical (unpaired) electrons. The van der Waals surface area contributed by atoms with Gasteiger partial charge in [0.25, 0.3) is 0 Å². The van der Waals surface area contributed by atoms with Crippen LogP contribution in [-0.4, -0.2) is 21.9 Å². The summed E-state index contributed by atoms with van der Waals surface area (Å²) in [5.74, 6) is 0.636. The predicted octanol–water partition coefficient (Wildman–Crippen LogP) is 1.79. The minimum Gasteiger partial charge on any atom is -0.474 e. The summed E-state index contributed by atoms with van der Waals surface area (Å²) < 4.78 is 5.39. The molecular formula is C11H16N2O2. The van der Waals surface area contributed by atoms with Gasteiger partial charge in [-0.05, 0) is 13.8 Å². The van der Waals surface area contributed by atoms with Crippen molar-refractivity contribution < 1.29 is 9.53 Å². The van der Waals surface area contributed by atoms with Crippen molar-refractivity contribution in [1.82, 2.24) is 9.97 Å². The van der Waals surface area contributed by atoms with Crippen LogP contribution in [0.2, 0.25) is 0 Å². The molecule has 4 nitrogen and oxygen atoms in total. The number of carbonyl (C=O) groups excluding carboxylic acids is 1. The molecule has 0 aromatic carbocycles. The molecule has 15 heavy (non-hydrogen) atoms. The zero-order valence-electron chi connectivity index (χ0n) is 9.36. The van der Waals surface area contributed by atoms with E-state index in [0.29, 0.717) is 24.4 Å². The number of nitrogens with zero attached hydrogens (tertiary/aromatic N) is 2. The molecule has 0 amide bonds. The quantitative estimate of drug-likeness (QED) is 0.740. The average Bonchev–Trinajstić information content (AvgIpc) is 2.17. The Kier molecular flexibility index (Phi) is 4.21. The number of hydrogen-bond acceptors (Lipinski definition) is 4. The number of hydrogen-bond donors (Lipinski definition) is 0. The van der Waals surface area contributed by atoms with Crippen molar-refractivity contribution in [3.8, 4) is 5.88 Å². The van der Waals surface area contributed by atoms with Crippen LogP contribution in [-0.2, 0) is 11.2 Å². The van der Waals surface area contributed by atoms with Crippen LogP contribution in [0.5, 0.6) is 5.88 Å². The van der Waals surface area contributed by atoms with E-state index in [4.69, 9.17) is 4.74 Å². The van der Waals surface area contributed by atoms with Crippen LogP contribution in [0.25, 0.3) is 0 Å². The average molecular weight is 208 g/mol. The van der Waals surface area contributed by atoms with Crippen LogP contribution < -0.4 is 4.74 Å². The van der Waals surface area contributed by atoms with Crippen LogP contribution in [0.3, 0.4) is 0 Å². The first-order valence-electron chi connectivity index (χ1n) is 5.11. The molecule has 1 aromatic heterocycles. The Bertz CT molecular complexity index is 337. The maximum absolute atomic E-state index is 11.2. The summed E-state index contributed by atoms with van der Waals surface area (Å²) in [4.78, 5) is 19.4. The third-order valence-electron chi connectivity index (χ3n) is 1.79. The minimum atomic E-state index is 0.0661. The monoisotopic (exact) mass is 208 g/mol. The summed E-state index contributed by atoms with van der Waals surface area (Å²) in [7, 11) is 0. The van der Waals surface area contributed by atoms with Crippen molar-refractivity contribution in [1.29, 1.82) is 0 Å². The summed E-state index contributed by atoms with van der Waals surface area (Å²) in [6.45, 7) is 5.68. The van der Waals surface area contributed by atoms with Gasteiger partial charge in [-0.3, -0.25) is 9.78 Å². The van der Waals surface area contributed by atoms with E-state index in [1.54, 1.807) is 12.4 Å². The maximum Gasteiger partial charge on any atom is 0.232 e. The van der Waals surface area contributed by atoms with Gasteiger partial charge in [0.2, 0.25) is 5.88 Å². The molecule has 0 saturated heterocycles. The van der Waals surface area contributed by atoms with Gasteiger partial charge in [0, 0.05) is 12.6 Å². The molecule has 0 atom stereocenters. The highest BCUT2D eigenvalue weighted by atomic mass is 16.5. The van der Waals surface area contributed by atoms with Gasteiger partial charge in [0.1, 0.15) is 5.78 Å². The third kappa shape index (κ3) is 4.06. The fourth-order valence-electron chi connectivity index (χ4n) is 1.10. The number of ether oxygens (including phenoxy) is 1. The highest BCUT2D eigenvalue weighted by Gasteiger charge is 2.05. The van der Waals surface area contributed by atoms with E-state index >= 15 is 0 Å². The van der Waals surface area contributed by atoms with Crippen molar-refractivity contribution in [2.45, 2.75) is 39.7 Å². The molecule has 0 fully saturated rings. The van der Waals surface area contributed by atoms with E-state index in [9.17, 15) is 4.79 Å². The Morgan fingerprint density at radius 1 is 1.47 bits per heavy atom. The van der Waals surface area contributed by atoms with Crippen LogP contribution in [0.1, 0.15) is 32.9 Å². The minimum absolute atomic E-state index is 0.0661. The number of rotatable bonds is 5. The first-order valence-corrected chi connectivity index (χ1v) is 5.11. The van der Waals surface area contributed by atoms with Gasteiger partial charge < -0.3 is 4.74 Å². The lowest BCUT2D eigenvalue weighted by atomic mass is 10.2. The summed E-state index contributed by atoms with van der Waals surface area (Å²) in [6.07, 6.45) is 4.08. The smallest absolute Gasteiger partial charge is 0.232 e. The highest BCUT2D eigenvalue weighted by molar-refractivity contribution is 5.80. The molecule has 82 valence electrons. The summed E-state index contributed by atoms with van der Waals surface area (Å²) in [5.41, 5.74) is 0.667. The molecule has 0 aliphatic heterocycles. The number of aromatic nitrogens is 2. The summed E-state index contributed by atoms with van der Waals surface area (Å²) in [6, 6.07) is 0. The maximum atomic E-state index is 11.2. The van der Waals surface area contributed by atoms with Gasteiger partial charge in [-0.25, -0.2) is 4.98 Å². The van der Waals surface area contributed by atoms with Crippen molar-refractivity contribution in [2.24, 2.45) is 0 Å². The van der Waals surface area contributed by atoms with E-state index in [0.717, 1.165) is 0 Å². The van der Waals surface area contributed by atoms with Gasteiger partial charge >= 0.3 is 0 Å². The van der Waals surface area contributed by atoms with Crippen LogP contribution in [0.4, 0.5) is 0 Å². The lowest BCUT2D eigenvalue weighted by Gasteiger charge is -2.08. The first-order chi connectivity index (χ1) is 7.11. The predicted molar refractivity (Wildman–Crippen MR) is 56.8 cm³/mol. The summed E-state index contributed by atoms with van der Waals surface area (Å²) in [5, 5.41) is 0. The third-order valence-corrected chi connectivity index (χ3v) is 1.79. The van der Waals surface area contributed by atoms with Gasteiger partial charge in [0.15, 0.2) is 0 Å². The van der Waals surface area contributed by atoms with Crippen LogP contribution in [0.15, 0.2) is 12.4 Å². The van der Waals surface area contributed by atoms with E-state index in [-0.39, 0.29) is 11.9 Å². The number of carbonyl (C=O) groups is 1. The van der Waals surface area contributed by atoms with Crippen LogP contribution >= 0.6 is 0 Å². The topological polar surface area (TPSA) is 52.1 Å². The van der Waals surface area contributed by atoms with E-state index in [1.165, 1.54) is 0 Å². The van der Waals surface area contributed by atoms with Crippen molar-refractivity contribution >= 4 is 5.78 Å². The molecule has 1 aromatic rings. The highest BCUT2D eigenvalue weighted by Crippen LogP contribution is 2.08. The van der Waals surface area contributed by atoms with Gasteiger partial charge in [-0.2, -0.15) is 0 Å². The van der Waals surface area contributed by atoms with Gasteiger partial charge in [-0.1, -0.05) is 6.92 Å². The van der Waals surface area contributed by atoms with E-state index in [2.05, 4.69) is 9.97 Å². The Morgan fingerprint density at radius 3 is 2.80 bits per heavy atom. The molecule has 0 bridgehead atoms. The van der Waals surface area contributed by atoms with E-state index in [1.807, 2.05) is 20.8 Å². The second-order valence-corrected chi connectivity index (χ2v) is 3.58. The normalized spacial score (nSPS) is 10.4. The Labute approximate surface area is 89.7 Å². The molecule has 1 rings (SSSR count). The first kappa shape index (κ1) is 11.6. The summed E-state index contributed by atoms with van der Waals surface area (Å²) >= 11 is 0. The van der Waals surface area contributed by atoms with Gasteiger partial charge in [-0.15, -0.1) is 0 Å². The molecule has 0 N–H and O–H groups in total. The molecule has 0 aliphatic carbocycles. The van der Waals surface area contributed by atoms with Gasteiger partial charge in [0.05, 0.1) is 24.4 Å². The standard InChI is InChI=1S/C11H16N2O2/c1-4-10(14)5-9-6-12-7-11(13-9)15-8(2)3/h6-8H,4-5H2,1-3H3. The molecule has 0 spiro atoms. The lowest BCUT2D eigenvalue weighted by molar-refractivity contribution is -0.118. The Morgan fingerprint density at radius 2 is 2.20 bits per heavy atom. The largest absolute Gasteiger partial charge is 0.474 e. The lowest BCUT2D eigenvalue weighted by Crippen LogP contribution is -2.09. The Balaban J connectivity index is 2.69. The molecule has 0 saturated carbocycles. The zero-order chi connectivity index (χ0) is 11.3. The molecule has 1 heterocycles. The van der Waals surface area contributed by atoms with Crippen LogP contribution in [0, 0.1) is 0 Å². The zero-order valence-corrected chi connectivity index (χ0v) is 9.36.